The summed E-state index contributed by atoms with van der Waals surface area (Å²) in [7, 11) is 1.92. The van der Waals surface area contributed by atoms with Crippen molar-refractivity contribution in [2.45, 2.75) is 44.4 Å². The van der Waals surface area contributed by atoms with Crippen molar-refractivity contribution in [3.63, 3.8) is 0 Å². The van der Waals surface area contributed by atoms with Crippen molar-refractivity contribution in [1.82, 2.24) is 10.2 Å². The molecule has 0 bridgehead atoms. The van der Waals surface area contributed by atoms with Gasteiger partial charge in [-0.15, -0.1) is 0 Å². The fourth-order valence-corrected chi connectivity index (χ4v) is 4.74. The molecule has 32 heavy (non-hydrogen) atoms. The van der Waals surface area contributed by atoms with E-state index in [9.17, 15) is 23.5 Å². The molecule has 0 radical (unpaired) electrons. The Morgan fingerprint density at radius 3 is 2.59 bits per heavy atom. The van der Waals surface area contributed by atoms with E-state index in [-0.39, 0.29) is 29.5 Å². The van der Waals surface area contributed by atoms with Crippen molar-refractivity contribution < 1.29 is 23.5 Å². The summed E-state index contributed by atoms with van der Waals surface area (Å²) in [6.45, 7) is 2.69. The summed E-state index contributed by atoms with van der Waals surface area (Å²) in [6.07, 6.45) is 0.623. The van der Waals surface area contributed by atoms with Crippen LogP contribution in [0.25, 0.3) is 0 Å². The number of ketones is 1. The summed E-state index contributed by atoms with van der Waals surface area (Å²) in [5, 5.41) is 12.5. The largest absolute Gasteiger partial charge is 0.389 e. The van der Waals surface area contributed by atoms with Crippen molar-refractivity contribution in [3.8, 4) is 0 Å². The van der Waals surface area contributed by atoms with Gasteiger partial charge in [0.25, 0.3) is 0 Å². The Morgan fingerprint density at radius 1 is 1.19 bits per heavy atom. The third kappa shape index (κ3) is 4.07. The third-order valence-corrected chi connectivity index (χ3v) is 6.76. The molecule has 2 aromatic carbocycles. The Balaban J connectivity index is 1.38. The van der Waals surface area contributed by atoms with Gasteiger partial charge in [0.2, 0.25) is 0 Å². The highest BCUT2D eigenvalue weighted by Gasteiger charge is 2.45. The molecule has 1 atom stereocenters. The number of nitrogens with one attached hydrogen (secondary N) is 1. The molecule has 6 nitrogen and oxygen atoms in total. The zero-order chi connectivity index (χ0) is 23.0. The molecule has 2 heterocycles. The first-order valence-electron chi connectivity index (χ1n) is 10.8. The molecule has 2 amide bonds. The molecule has 2 aromatic rings. The number of hydrogen-bond acceptors (Lipinski definition) is 4. The Bertz CT molecular complexity index is 1050. The number of Topliss-reactive ketones (excluding diaryl/α,β-unsaturated/α-hetero) is 1. The highest BCUT2D eigenvalue weighted by atomic mass is 19.1. The number of fused-ring (bicyclic) bond motifs is 1. The minimum atomic E-state index is -0.930. The second-order valence-electron chi connectivity index (χ2n) is 8.72. The molecule has 1 fully saturated rings. The minimum Gasteiger partial charge on any atom is -0.389 e. The van der Waals surface area contributed by atoms with E-state index in [1.165, 1.54) is 25.1 Å². The number of benzene rings is 2. The predicted molar refractivity (Wildman–Crippen MR) is 117 cm³/mol. The third-order valence-electron chi connectivity index (χ3n) is 6.76. The number of carbonyl (C=O) groups excluding carboxylic acids is 2. The fourth-order valence-electron chi connectivity index (χ4n) is 4.74. The van der Waals surface area contributed by atoms with Crippen molar-refractivity contribution in [2.75, 3.05) is 25.0 Å². The van der Waals surface area contributed by atoms with Gasteiger partial charge in [0, 0.05) is 49.9 Å². The molecule has 0 saturated carbocycles. The summed E-state index contributed by atoms with van der Waals surface area (Å²) in [6, 6.07) is 8.49. The molecule has 2 aliphatic rings. The van der Waals surface area contributed by atoms with Crippen LogP contribution in [0.4, 0.5) is 19.3 Å². The number of halogens is 2. The van der Waals surface area contributed by atoms with E-state index in [0.29, 0.717) is 43.5 Å². The zero-order valence-electron chi connectivity index (χ0n) is 18.2. The van der Waals surface area contributed by atoms with Crippen LogP contribution in [0, 0.1) is 11.6 Å². The molecule has 2 N–H and O–H groups in total. The van der Waals surface area contributed by atoms with E-state index in [0.717, 1.165) is 5.69 Å². The number of urea groups is 1. The standard InChI is InChI=1S/C24H27F2N3O3/c1-15(30)18-11-16(3-5-20(18)26)14-27-23(32)29-9-7-24(8-10-29)13-22(31)19-12-17(25)4-6-21(19)28(24)2/h3-6,11-12,15,30H,7-10,13-14H2,1-2H3,(H,27,32). The van der Waals surface area contributed by atoms with Crippen LogP contribution in [0.5, 0.6) is 0 Å². The van der Waals surface area contributed by atoms with Gasteiger partial charge < -0.3 is 20.2 Å². The van der Waals surface area contributed by atoms with Crippen LogP contribution in [-0.4, -0.2) is 47.5 Å². The molecule has 1 unspecified atom stereocenters. The Kier molecular flexibility index (Phi) is 5.90. The highest BCUT2D eigenvalue weighted by molar-refractivity contribution is 6.04. The monoisotopic (exact) mass is 443 g/mol. The summed E-state index contributed by atoms with van der Waals surface area (Å²) in [5.41, 5.74) is 1.65. The smallest absolute Gasteiger partial charge is 0.317 e. The van der Waals surface area contributed by atoms with E-state index in [1.807, 2.05) is 7.05 Å². The Hall–Kier alpha value is -3.00. The van der Waals surface area contributed by atoms with Crippen molar-refractivity contribution >= 4 is 17.5 Å². The van der Waals surface area contributed by atoms with Crippen LogP contribution in [0.15, 0.2) is 36.4 Å². The molecule has 170 valence electrons. The van der Waals surface area contributed by atoms with Gasteiger partial charge in [-0.25, -0.2) is 13.6 Å². The van der Waals surface area contributed by atoms with Crippen molar-refractivity contribution in [3.05, 3.63) is 64.7 Å². The van der Waals surface area contributed by atoms with E-state index < -0.39 is 17.7 Å². The van der Waals surface area contributed by atoms with Gasteiger partial charge in [0.05, 0.1) is 11.6 Å². The number of hydrogen-bond donors (Lipinski definition) is 2. The first-order valence-corrected chi connectivity index (χ1v) is 10.8. The number of amides is 2. The molecular weight excluding hydrogens is 416 g/mol. The molecule has 2 aliphatic heterocycles. The normalized spacial score (nSPS) is 18.5. The second-order valence-corrected chi connectivity index (χ2v) is 8.72. The van der Waals surface area contributed by atoms with E-state index in [4.69, 9.17) is 0 Å². The quantitative estimate of drug-likeness (QED) is 0.757. The lowest BCUT2D eigenvalue weighted by Gasteiger charge is -2.50. The van der Waals surface area contributed by atoms with Gasteiger partial charge in [-0.1, -0.05) is 6.07 Å². The van der Waals surface area contributed by atoms with Crippen LogP contribution >= 0.6 is 0 Å². The van der Waals surface area contributed by atoms with Crippen LogP contribution in [0.2, 0.25) is 0 Å². The number of piperidine rings is 1. The molecule has 8 heteroatoms. The second kappa shape index (κ2) is 8.50. The number of rotatable bonds is 3. The lowest BCUT2D eigenvalue weighted by atomic mass is 9.77. The molecule has 1 spiro atoms. The minimum absolute atomic E-state index is 0.0688. The molecule has 0 aliphatic carbocycles. The number of anilines is 1. The molecule has 4 rings (SSSR count). The van der Waals surface area contributed by atoms with Gasteiger partial charge in [-0.05, 0) is 55.7 Å². The van der Waals surface area contributed by atoms with E-state index >= 15 is 0 Å². The van der Waals surface area contributed by atoms with Crippen LogP contribution in [0.1, 0.15) is 53.8 Å². The van der Waals surface area contributed by atoms with Crippen molar-refractivity contribution in [2.24, 2.45) is 0 Å². The van der Waals surface area contributed by atoms with Gasteiger partial charge in [0.15, 0.2) is 5.78 Å². The van der Waals surface area contributed by atoms with Gasteiger partial charge in [-0.2, -0.15) is 0 Å². The summed E-state index contributed by atoms with van der Waals surface area (Å²) >= 11 is 0. The van der Waals surface area contributed by atoms with Crippen LogP contribution in [-0.2, 0) is 6.54 Å². The van der Waals surface area contributed by atoms with Crippen molar-refractivity contribution in [1.29, 1.82) is 0 Å². The molecule has 1 saturated heterocycles. The average Bonchev–Trinajstić information content (AvgIpc) is 2.77. The van der Waals surface area contributed by atoms with Gasteiger partial charge in [-0.3, -0.25) is 4.79 Å². The average molecular weight is 443 g/mol. The Morgan fingerprint density at radius 2 is 1.91 bits per heavy atom. The maximum Gasteiger partial charge on any atom is 0.317 e. The molecular formula is C24H27F2N3O3. The fraction of sp³-hybridized carbons (Fsp3) is 0.417. The summed E-state index contributed by atoms with van der Waals surface area (Å²) in [5.74, 6) is -0.970. The lowest BCUT2D eigenvalue weighted by Crippen LogP contribution is -2.59. The number of aliphatic hydroxyl groups is 1. The number of carbonyl (C=O) groups is 2. The topological polar surface area (TPSA) is 72.9 Å². The first-order chi connectivity index (χ1) is 15.2. The van der Waals surface area contributed by atoms with Gasteiger partial charge >= 0.3 is 6.03 Å². The SMILES string of the molecule is CC(O)c1cc(CNC(=O)N2CCC3(CC2)CC(=O)c2cc(F)ccc2N3C)ccc1F. The molecule has 0 aromatic heterocycles. The first kappa shape index (κ1) is 22.2. The van der Waals surface area contributed by atoms with E-state index in [1.54, 1.807) is 23.1 Å². The van der Waals surface area contributed by atoms with Crippen LogP contribution in [0.3, 0.4) is 0 Å². The highest BCUT2D eigenvalue weighted by Crippen LogP contribution is 2.41. The van der Waals surface area contributed by atoms with Crippen LogP contribution < -0.4 is 10.2 Å². The number of nitrogens with zero attached hydrogens (tertiary/aromatic N) is 2. The lowest BCUT2D eigenvalue weighted by molar-refractivity contribution is 0.0890. The maximum atomic E-state index is 13.8. The Labute approximate surface area is 185 Å². The number of aliphatic hydroxyl groups excluding tert-OH is 1. The summed E-state index contributed by atoms with van der Waals surface area (Å²) in [4.78, 5) is 29.2. The predicted octanol–water partition coefficient (Wildman–Crippen LogP) is 3.79. The van der Waals surface area contributed by atoms with E-state index in [2.05, 4.69) is 10.2 Å². The zero-order valence-corrected chi connectivity index (χ0v) is 18.2. The van der Waals surface area contributed by atoms with Gasteiger partial charge in [0.1, 0.15) is 11.6 Å². The number of likely N-dealkylation sites (tertiary alicyclic amines) is 1. The summed E-state index contributed by atoms with van der Waals surface area (Å²) < 4.78 is 27.3. The maximum absolute atomic E-state index is 13.8.